The van der Waals surface area contributed by atoms with Crippen molar-refractivity contribution in [3.63, 3.8) is 0 Å². The van der Waals surface area contributed by atoms with E-state index in [0.29, 0.717) is 5.56 Å². The van der Waals surface area contributed by atoms with Gasteiger partial charge in [0, 0.05) is 18.0 Å². The first kappa shape index (κ1) is 10.4. The summed E-state index contributed by atoms with van der Waals surface area (Å²) in [7, 11) is 1.22. The zero-order valence-corrected chi connectivity index (χ0v) is 8.60. The van der Waals surface area contributed by atoms with Crippen molar-refractivity contribution in [2.24, 2.45) is 0 Å². The van der Waals surface area contributed by atoms with Crippen LogP contribution in [-0.2, 0) is 19.1 Å². The van der Waals surface area contributed by atoms with Gasteiger partial charge in [0.2, 0.25) is 5.78 Å². The predicted molar refractivity (Wildman–Crippen MR) is 54.1 cm³/mol. The molecule has 0 spiro atoms. The second kappa shape index (κ2) is 4.14. The van der Waals surface area contributed by atoms with E-state index in [2.05, 4.69) is 9.72 Å². The summed E-state index contributed by atoms with van der Waals surface area (Å²) in [4.78, 5) is 26.8. The molecule has 5 nitrogen and oxygen atoms in total. The van der Waals surface area contributed by atoms with Gasteiger partial charge in [-0.05, 0) is 12.1 Å². The SMILES string of the molecule is COC(=O)C1=C(c2cccnc2)OCC1=O. The monoisotopic (exact) mass is 219 g/mol. The summed E-state index contributed by atoms with van der Waals surface area (Å²) in [6.07, 6.45) is 3.12. The molecule has 2 heterocycles. The van der Waals surface area contributed by atoms with E-state index in [9.17, 15) is 9.59 Å². The number of Topliss-reactive ketones (excluding diaryl/α,β-unsaturated/α-hetero) is 1. The van der Waals surface area contributed by atoms with Gasteiger partial charge in [-0.25, -0.2) is 4.79 Å². The van der Waals surface area contributed by atoms with Crippen LogP contribution in [0.2, 0.25) is 0 Å². The van der Waals surface area contributed by atoms with E-state index >= 15 is 0 Å². The molecule has 5 heteroatoms. The van der Waals surface area contributed by atoms with Crippen LogP contribution in [0.5, 0.6) is 0 Å². The number of carbonyl (C=O) groups is 2. The molecule has 16 heavy (non-hydrogen) atoms. The maximum Gasteiger partial charge on any atom is 0.345 e. The quantitative estimate of drug-likeness (QED) is 0.537. The highest BCUT2D eigenvalue weighted by Crippen LogP contribution is 2.26. The topological polar surface area (TPSA) is 65.5 Å². The Labute approximate surface area is 91.7 Å². The average Bonchev–Trinajstić information content (AvgIpc) is 2.71. The Balaban J connectivity index is 2.49. The van der Waals surface area contributed by atoms with Crippen molar-refractivity contribution in [3.05, 3.63) is 35.7 Å². The number of hydrogen-bond donors (Lipinski definition) is 0. The fourth-order valence-corrected chi connectivity index (χ4v) is 1.44. The third-order valence-corrected chi connectivity index (χ3v) is 2.17. The summed E-state index contributed by atoms with van der Waals surface area (Å²) in [5.41, 5.74) is 0.546. The van der Waals surface area contributed by atoms with Crippen LogP contribution in [0.25, 0.3) is 5.76 Å². The Bertz CT molecular complexity index is 464. The maximum absolute atomic E-state index is 11.5. The molecule has 2 rings (SSSR count). The Morgan fingerprint density at radius 2 is 2.38 bits per heavy atom. The number of pyridine rings is 1. The number of ether oxygens (including phenoxy) is 2. The van der Waals surface area contributed by atoms with Crippen molar-refractivity contribution in [1.82, 2.24) is 4.98 Å². The van der Waals surface area contributed by atoms with E-state index in [-0.39, 0.29) is 23.7 Å². The summed E-state index contributed by atoms with van der Waals surface area (Å²) in [6, 6.07) is 3.41. The molecule has 1 aliphatic heterocycles. The van der Waals surface area contributed by atoms with Gasteiger partial charge >= 0.3 is 5.97 Å². The smallest absolute Gasteiger partial charge is 0.345 e. The van der Waals surface area contributed by atoms with Gasteiger partial charge in [0.1, 0.15) is 11.3 Å². The standard InChI is InChI=1S/C11H9NO4/c1-15-11(14)9-8(13)6-16-10(9)7-3-2-4-12-5-7/h2-5H,6H2,1H3. The first-order chi connectivity index (χ1) is 7.74. The van der Waals surface area contributed by atoms with Crippen LogP contribution >= 0.6 is 0 Å². The van der Waals surface area contributed by atoms with Gasteiger partial charge < -0.3 is 9.47 Å². The summed E-state index contributed by atoms with van der Waals surface area (Å²) in [6.45, 7) is -0.130. The van der Waals surface area contributed by atoms with Crippen LogP contribution in [0, 0.1) is 0 Å². The van der Waals surface area contributed by atoms with Crippen molar-refractivity contribution in [2.75, 3.05) is 13.7 Å². The lowest BCUT2D eigenvalue weighted by molar-refractivity contribution is -0.137. The van der Waals surface area contributed by atoms with Crippen molar-refractivity contribution < 1.29 is 19.1 Å². The van der Waals surface area contributed by atoms with Gasteiger partial charge in [-0.2, -0.15) is 0 Å². The summed E-state index contributed by atoms with van der Waals surface area (Å²) in [5.74, 6) is -0.808. The Kier molecular flexibility index (Phi) is 2.68. The minimum Gasteiger partial charge on any atom is -0.484 e. The number of methoxy groups -OCH3 is 1. The molecule has 0 unspecified atom stereocenters. The molecule has 0 aliphatic carbocycles. The number of ketones is 1. The predicted octanol–water partition coefficient (Wildman–Crippen LogP) is 0.565. The molecule has 0 atom stereocenters. The zero-order valence-electron chi connectivity index (χ0n) is 8.60. The number of carbonyl (C=O) groups excluding carboxylic acids is 2. The van der Waals surface area contributed by atoms with Crippen molar-refractivity contribution >= 4 is 17.5 Å². The molecule has 0 radical (unpaired) electrons. The molecular weight excluding hydrogens is 210 g/mol. The number of hydrogen-bond acceptors (Lipinski definition) is 5. The third kappa shape index (κ3) is 1.67. The van der Waals surface area contributed by atoms with E-state index < -0.39 is 5.97 Å². The lowest BCUT2D eigenvalue weighted by atomic mass is 10.1. The second-order valence-electron chi connectivity index (χ2n) is 3.15. The first-order valence-electron chi connectivity index (χ1n) is 4.63. The molecule has 0 fully saturated rings. The van der Waals surface area contributed by atoms with Crippen LogP contribution in [0.15, 0.2) is 30.1 Å². The van der Waals surface area contributed by atoms with Gasteiger partial charge in [-0.1, -0.05) is 0 Å². The highest BCUT2D eigenvalue weighted by atomic mass is 16.5. The minimum absolute atomic E-state index is 0.0458. The highest BCUT2D eigenvalue weighted by Gasteiger charge is 2.32. The van der Waals surface area contributed by atoms with Gasteiger partial charge in [-0.3, -0.25) is 9.78 Å². The van der Waals surface area contributed by atoms with E-state index in [1.165, 1.54) is 13.3 Å². The molecular formula is C11H9NO4. The van der Waals surface area contributed by atoms with E-state index in [4.69, 9.17) is 4.74 Å². The van der Waals surface area contributed by atoms with Crippen molar-refractivity contribution in [2.45, 2.75) is 0 Å². The van der Waals surface area contributed by atoms with E-state index in [0.717, 1.165) is 0 Å². The lowest BCUT2D eigenvalue weighted by Crippen LogP contribution is -2.13. The van der Waals surface area contributed by atoms with E-state index in [1.54, 1.807) is 18.3 Å². The molecule has 0 saturated carbocycles. The zero-order chi connectivity index (χ0) is 11.5. The van der Waals surface area contributed by atoms with Gasteiger partial charge in [-0.15, -0.1) is 0 Å². The molecule has 0 bridgehead atoms. The number of nitrogens with zero attached hydrogens (tertiary/aromatic N) is 1. The normalized spacial score (nSPS) is 14.9. The van der Waals surface area contributed by atoms with E-state index in [1.807, 2.05) is 0 Å². The molecule has 0 aromatic carbocycles. The minimum atomic E-state index is -0.679. The van der Waals surface area contributed by atoms with Crippen LogP contribution < -0.4 is 0 Å². The first-order valence-corrected chi connectivity index (χ1v) is 4.63. The van der Waals surface area contributed by atoms with Gasteiger partial charge in [0.15, 0.2) is 6.61 Å². The lowest BCUT2D eigenvalue weighted by Gasteiger charge is -2.03. The Morgan fingerprint density at radius 1 is 1.56 bits per heavy atom. The van der Waals surface area contributed by atoms with Crippen molar-refractivity contribution in [1.29, 1.82) is 0 Å². The summed E-state index contributed by atoms with van der Waals surface area (Å²) < 4.78 is 9.71. The molecule has 0 N–H and O–H groups in total. The molecule has 1 aromatic heterocycles. The fraction of sp³-hybridized carbons (Fsp3) is 0.182. The van der Waals surface area contributed by atoms with Crippen LogP contribution in [-0.4, -0.2) is 30.5 Å². The van der Waals surface area contributed by atoms with Crippen molar-refractivity contribution in [3.8, 4) is 0 Å². The number of aromatic nitrogens is 1. The molecule has 82 valence electrons. The highest BCUT2D eigenvalue weighted by molar-refractivity contribution is 6.24. The third-order valence-electron chi connectivity index (χ3n) is 2.17. The number of rotatable bonds is 2. The Hall–Kier alpha value is -2.17. The molecule has 0 saturated heterocycles. The average molecular weight is 219 g/mol. The van der Waals surface area contributed by atoms with Crippen LogP contribution in [0.1, 0.15) is 5.56 Å². The largest absolute Gasteiger partial charge is 0.484 e. The van der Waals surface area contributed by atoms with Gasteiger partial charge in [0.05, 0.1) is 7.11 Å². The molecule has 1 aliphatic rings. The van der Waals surface area contributed by atoms with Crippen LogP contribution in [0.4, 0.5) is 0 Å². The molecule has 0 amide bonds. The fourth-order valence-electron chi connectivity index (χ4n) is 1.44. The Morgan fingerprint density at radius 3 is 3.00 bits per heavy atom. The number of esters is 1. The maximum atomic E-state index is 11.5. The van der Waals surface area contributed by atoms with Crippen LogP contribution in [0.3, 0.4) is 0 Å². The summed E-state index contributed by atoms with van der Waals surface area (Å²) in [5, 5.41) is 0. The second-order valence-corrected chi connectivity index (χ2v) is 3.15. The molecule has 1 aromatic rings. The summed E-state index contributed by atoms with van der Waals surface area (Å²) >= 11 is 0. The van der Waals surface area contributed by atoms with Gasteiger partial charge in [0.25, 0.3) is 0 Å².